The average Bonchev–Trinajstić information content (AvgIpc) is 2.64. The van der Waals surface area contributed by atoms with E-state index in [1.165, 1.54) is 0 Å². The standard InChI is InChI=1S/C22H33N3O2S/c1-16-9-21(3,4)14-22(10-16,15-26)24-12-20(27)25-18-7-5-6-8-19(18)28-13-17(2)11-23/h5-8,16-17,24,26H,9-10,12-15H2,1-4H3,(H,25,27)/t16-,17+,22+/m0/s1. The lowest BCUT2D eigenvalue weighted by Gasteiger charge is -2.47. The molecule has 6 heteroatoms. The molecule has 1 fully saturated rings. The number of nitrogens with zero attached hydrogens (tertiary/aromatic N) is 1. The molecule has 0 aromatic heterocycles. The molecule has 3 atom stereocenters. The fraction of sp³-hybridized carbons (Fsp3) is 0.636. The van der Waals surface area contributed by atoms with Crippen molar-refractivity contribution in [2.24, 2.45) is 17.3 Å². The van der Waals surface area contributed by atoms with E-state index in [-0.39, 0.29) is 30.4 Å². The highest BCUT2D eigenvalue weighted by Gasteiger charge is 2.42. The second-order valence-electron chi connectivity index (χ2n) is 9.03. The van der Waals surface area contributed by atoms with Crippen LogP contribution in [0.2, 0.25) is 0 Å². The fourth-order valence-electron chi connectivity index (χ4n) is 4.46. The number of amides is 1. The quantitative estimate of drug-likeness (QED) is 0.570. The summed E-state index contributed by atoms with van der Waals surface area (Å²) in [7, 11) is 0. The molecule has 1 aromatic rings. The topological polar surface area (TPSA) is 85.2 Å². The molecule has 3 N–H and O–H groups in total. The van der Waals surface area contributed by atoms with E-state index in [0.29, 0.717) is 11.7 Å². The lowest BCUT2D eigenvalue weighted by Crippen LogP contribution is -2.56. The first-order valence-electron chi connectivity index (χ1n) is 9.96. The third kappa shape index (κ3) is 6.51. The monoisotopic (exact) mass is 403 g/mol. The zero-order valence-corrected chi connectivity index (χ0v) is 18.2. The van der Waals surface area contributed by atoms with Crippen molar-refractivity contribution in [2.45, 2.75) is 57.4 Å². The number of nitrogens with one attached hydrogen (secondary N) is 2. The van der Waals surface area contributed by atoms with Gasteiger partial charge in [0.15, 0.2) is 0 Å². The van der Waals surface area contributed by atoms with Crippen LogP contribution < -0.4 is 10.6 Å². The highest BCUT2D eigenvalue weighted by Crippen LogP contribution is 2.43. The van der Waals surface area contributed by atoms with Crippen LogP contribution in [-0.4, -0.2) is 35.5 Å². The van der Waals surface area contributed by atoms with Gasteiger partial charge in [0, 0.05) is 16.2 Å². The number of anilines is 1. The van der Waals surface area contributed by atoms with Gasteiger partial charge in [0.2, 0.25) is 5.91 Å². The second-order valence-corrected chi connectivity index (χ2v) is 10.1. The highest BCUT2D eigenvalue weighted by molar-refractivity contribution is 7.99. The van der Waals surface area contributed by atoms with E-state index in [1.807, 2.05) is 31.2 Å². The van der Waals surface area contributed by atoms with Crippen LogP contribution in [0.5, 0.6) is 0 Å². The number of hydrogen-bond donors (Lipinski definition) is 3. The first kappa shape index (κ1) is 22.7. The minimum atomic E-state index is -0.408. The van der Waals surface area contributed by atoms with Crippen molar-refractivity contribution in [3.8, 4) is 6.07 Å². The molecule has 1 aliphatic carbocycles. The molecule has 28 heavy (non-hydrogen) atoms. The predicted octanol–water partition coefficient (Wildman–Crippen LogP) is 4.04. The molecule has 0 bridgehead atoms. The Bertz CT molecular complexity index is 716. The second kappa shape index (κ2) is 9.78. The summed E-state index contributed by atoms with van der Waals surface area (Å²) < 4.78 is 0. The van der Waals surface area contributed by atoms with Crippen LogP contribution in [-0.2, 0) is 4.79 Å². The Hall–Kier alpha value is -1.55. The van der Waals surface area contributed by atoms with Crippen LogP contribution in [0.15, 0.2) is 29.2 Å². The smallest absolute Gasteiger partial charge is 0.238 e. The summed E-state index contributed by atoms with van der Waals surface area (Å²) in [5, 5.41) is 25.4. The zero-order chi connectivity index (χ0) is 20.8. The summed E-state index contributed by atoms with van der Waals surface area (Å²) in [4.78, 5) is 13.5. The van der Waals surface area contributed by atoms with Gasteiger partial charge in [0.1, 0.15) is 0 Å². The molecule has 1 amide bonds. The van der Waals surface area contributed by atoms with Crippen LogP contribution in [0.1, 0.15) is 47.0 Å². The Morgan fingerprint density at radius 2 is 2.11 bits per heavy atom. The lowest BCUT2D eigenvalue weighted by molar-refractivity contribution is -0.116. The molecule has 1 aliphatic rings. The Morgan fingerprint density at radius 3 is 2.75 bits per heavy atom. The van der Waals surface area contributed by atoms with E-state index in [1.54, 1.807) is 11.8 Å². The van der Waals surface area contributed by atoms with Crippen molar-refractivity contribution in [2.75, 3.05) is 24.2 Å². The Kier molecular flexibility index (Phi) is 7.94. The Balaban J connectivity index is 1.98. The van der Waals surface area contributed by atoms with Crippen LogP contribution in [0.3, 0.4) is 0 Å². The minimum absolute atomic E-state index is 0.0343. The van der Waals surface area contributed by atoms with Gasteiger partial charge in [0.05, 0.1) is 30.8 Å². The number of nitriles is 1. The van der Waals surface area contributed by atoms with Gasteiger partial charge in [-0.2, -0.15) is 5.26 Å². The van der Waals surface area contributed by atoms with E-state index in [9.17, 15) is 9.90 Å². The van der Waals surface area contributed by atoms with Gasteiger partial charge >= 0.3 is 0 Å². The molecule has 0 spiro atoms. The maximum Gasteiger partial charge on any atom is 0.238 e. The summed E-state index contributed by atoms with van der Waals surface area (Å²) in [6.07, 6.45) is 2.86. The number of rotatable bonds is 8. The van der Waals surface area contributed by atoms with Crippen LogP contribution in [0.25, 0.3) is 0 Å². The van der Waals surface area contributed by atoms with Crippen molar-refractivity contribution < 1.29 is 9.90 Å². The van der Waals surface area contributed by atoms with Gasteiger partial charge in [-0.3, -0.25) is 4.79 Å². The zero-order valence-electron chi connectivity index (χ0n) is 17.4. The summed E-state index contributed by atoms with van der Waals surface area (Å²) in [5.74, 6) is 1.02. The fourth-order valence-corrected chi connectivity index (χ4v) is 5.42. The number of thioether (sulfide) groups is 1. The molecule has 1 aromatic carbocycles. The van der Waals surface area contributed by atoms with E-state index in [4.69, 9.17) is 5.26 Å². The molecule has 0 unspecified atom stereocenters. The maximum atomic E-state index is 12.6. The Morgan fingerprint density at radius 1 is 1.39 bits per heavy atom. The lowest BCUT2D eigenvalue weighted by atomic mass is 9.64. The Labute approximate surface area is 173 Å². The first-order valence-corrected chi connectivity index (χ1v) is 10.9. The van der Waals surface area contributed by atoms with Gasteiger partial charge < -0.3 is 15.7 Å². The number of para-hydroxylation sites is 1. The van der Waals surface area contributed by atoms with Crippen molar-refractivity contribution in [1.82, 2.24) is 5.32 Å². The average molecular weight is 404 g/mol. The van der Waals surface area contributed by atoms with Gasteiger partial charge in [0.25, 0.3) is 0 Å². The third-order valence-corrected chi connectivity index (χ3v) is 6.59. The molecule has 1 saturated carbocycles. The van der Waals surface area contributed by atoms with Crippen molar-refractivity contribution in [3.63, 3.8) is 0 Å². The van der Waals surface area contributed by atoms with Crippen molar-refractivity contribution >= 4 is 23.4 Å². The molecular formula is C22H33N3O2S. The number of hydrogen-bond acceptors (Lipinski definition) is 5. The van der Waals surface area contributed by atoms with E-state index >= 15 is 0 Å². The van der Waals surface area contributed by atoms with Crippen LogP contribution >= 0.6 is 11.8 Å². The molecule has 0 saturated heterocycles. The highest BCUT2D eigenvalue weighted by atomic mass is 32.2. The molecule has 0 heterocycles. The van der Waals surface area contributed by atoms with Gasteiger partial charge in [-0.1, -0.05) is 32.9 Å². The third-order valence-electron chi connectivity index (χ3n) is 5.25. The normalized spacial score (nSPS) is 24.9. The first-order chi connectivity index (χ1) is 13.2. The summed E-state index contributed by atoms with van der Waals surface area (Å²) in [6, 6.07) is 9.89. The van der Waals surface area contributed by atoms with Gasteiger partial charge in [-0.25, -0.2) is 0 Å². The van der Waals surface area contributed by atoms with Crippen LogP contribution in [0.4, 0.5) is 5.69 Å². The number of aliphatic hydroxyl groups is 1. The summed E-state index contributed by atoms with van der Waals surface area (Å²) >= 11 is 1.57. The largest absolute Gasteiger partial charge is 0.394 e. The molecule has 5 nitrogen and oxygen atoms in total. The molecule has 0 radical (unpaired) electrons. The SMILES string of the molecule is C[C@H]1CC(C)(C)C[C@](CO)(NCC(=O)Nc2ccccc2SC[C@H](C)C#N)C1. The summed E-state index contributed by atoms with van der Waals surface area (Å²) in [5.41, 5.74) is 0.499. The maximum absolute atomic E-state index is 12.6. The number of aliphatic hydroxyl groups excluding tert-OH is 1. The molecule has 2 rings (SSSR count). The van der Waals surface area contributed by atoms with Crippen LogP contribution in [0, 0.1) is 28.6 Å². The summed E-state index contributed by atoms with van der Waals surface area (Å²) in [6.45, 7) is 8.75. The van der Waals surface area contributed by atoms with E-state index < -0.39 is 5.54 Å². The van der Waals surface area contributed by atoms with Gasteiger partial charge in [-0.05, 0) is 49.7 Å². The number of benzene rings is 1. The minimum Gasteiger partial charge on any atom is -0.394 e. The predicted molar refractivity (Wildman–Crippen MR) is 115 cm³/mol. The number of carbonyl (C=O) groups excluding carboxylic acids is 1. The van der Waals surface area contributed by atoms with Crippen molar-refractivity contribution in [1.29, 1.82) is 5.26 Å². The molecule has 154 valence electrons. The van der Waals surface area contributed by atoms with Gasteiger partial charge in [-0.15, -0.1) is 11.8 Å². The van der Waals surface area contributed by atoms with E-state index in [0.717, 1.165) is 29.8 Å². The van der Waals surface area contributed by atoms with Crippen molar-refractivity contribution in [3.05, 3.63) is 24.3 Å². The number of carbonyl (C=O) groups is 1. The van der Waals surface area contributed by atoms with E-state index in [2.05, 4.69) is 37.5 Å². The molecular weight excluding hydrogens is 370 g/mol. The molecule has 0 aliphatic heterocycles.